The van der Waals surface area contributed by atoms with E-state index in [2.05, 4.69) is 11.9 Å². The summed E-state index contributed by atoms with van der Waals surface area (Å²) in [5.41, 5.74) is 6.31. The van der Waals surface area contributed by atoms with E-state index in [1.54, 1.807) is 0 Å². The second-order valence-corrected chi connectivity index (χ2v) is 9.81. The van der Waals surface area contributed by atoms with E-state index in [4.69, 9.17) is 5.73 Å². The largest absolute Gasteiger partial charge is 0.329 e. The first-order valence-electron chi connectivity index (χ1n) is 7.94. The minimum absolute atomic E-state index is 0.0676. The van der Waals surface area contributed by atoms with Crippen molar-refractivity contribution in [2.24, 2.45) is 29.4 Å². The number of nitrogens with two attached hydrogens (primary N) is 1. The van der Waals surface area contributed by atoms with Gasteiger partial charge in [0.05, 0.1) is 5.75 Å². The zero-order valence-electron chi connectivity index (χ0n) is 12.7. The average Bonchev–Trinajstić information content (AvgIpc) is 2.35. The molecule has 0 aromatic rings. The maximum Gasteiger partial charge on any atom is 0.148 e. The van der Waals surface area contributed by atoms with E-state index in [-0.39, 0.29) is 11.3 Å². The Balaban J connectivity index is 1.80. The lowest BCUT2D eigenvalue weighted by Gasteiger charge is -2.64. The molecule has 5 heteroatoms. The lowest BCUT2D eigenvalue weighted by molar-refractivity contribution is -0.121. The van der Waals surface area contributed by atoms with E-state index in [1.807, 2.05) is 0 Å². The molecule has 4 saturated carbocycles. The third kappa shape index (κ3) is 2.32. The lowest BCUT2D eigenvalue weighted by Crippen LogP contribution is -2.68. The summed E-state index contributed by atoms with van der Waals surface area (Å²) in [6, 6.07) is 0. The molecule has 0 spiro atoms. The summed E-state index contributed by atoms with van der Waals surface area (Å²) >= 11 is 0. The van der Waals surface area contributed by atoms with Crippen LogP contribution in [0.3, 0.4) is 0 Å². The quantitative estimate of drug-likeness (QED) is 0.826. The average molecular weight is 300 g/mol. The fraction of sp³-hybridized carbons (Fsp3) is 1.00. The summed E-state index contributed by atoms with van der Waals surface area (Å²) in [5, 5.41) is 0. The predicted octanol–water partition coefficient (Wildman–Crippen LogP) is 1.12. The van der Waals surface area contributed by atoms with Crippen molar-refractivity contribution in [3.05, 3.63) is 0 Å². The van der Waals surface area contributed by atoms with Crippen LogP contribution in [0.4, 0.5) is 0 Å². The molecule has 2 N–H and O–H groups in total. The molecule has 4 bridgehead atoms. The van der Waals surface area contributed by atoms with Crippen LogP contribution in [0.25, 0.3) is 0 Å². The fourth-order valence-corrected chi connectivity index (χ4v) is 6.23. The Bertz CT molecular complexity index is 446. The molecule has 0 unspecified atom stereocenters. The van der Waals surface area contributed by atoms with Crippen LogP contribution in [-0.2, 0) is 9.84 Å². The Hall–Kier alpha value is -0.130. The SMILES string of the molecule is CN(CCS(C)(=O)=O)C1(CN)C2CC3CC(C2)CC1C3. The van der Waals surface area contributed by atoms with E-state index in [9.17, 15) is 8.42 Å². The van der Waals surface area contributed by atoms with Crippen molar-refractivity contribution < 1.29 is 8.42 Å². The monoisotopic (exact) mass is 300 g/mol. The van der Waals surface area contributed by atoms with Gasteiger partial charge in [-0.15, -0.1) is 0 Å². The minimum atomic E-state index is -2.90. The van der Waals surface area contributed by atoms with Crippen LogP contribution in [-0.4, -0.2) is 51.0 Å². The van der Waals surface area contributed by atoms with Crippen molar-refractivity contribution in [1.82, 2.24) is 4.90 Å². The Labute approximate surface area is 123 Å². The van der Waals surface area contributed by atoms with Gasteiger partial charge in [-0.1, -0.05) is 0 Å². The van der Waals surface area contributed by atoms with Crippen molar-refractivity contribution in [2.45, 2.75) is 37.6 Å². The molecule has 0 atom stereocenters. The summed E-state index contributed by atoms with van der Waals surface area (Å²) in [6.07, 6.45) is 8.01. The number of sulfone groups is 1. The van der Waals surface area contributed by atoms with Gasteiger partial charge in [0.15, 0.2) is 0 Å². The molecule has 0 heterocycles. The Morgan fingerprint density at radius 3 is 2.00 bits per heavy atom. The van der Waals surface area contributed by atoms with Gasteiger partial charge in [-0.25, -0.2) is 8.42 Å². The van der Waals surface area contributed by atoms with Gasteiger partial charge in [-0.3, -0.25) is 4.90 Å². The topological polar surface area (TPSA) is 63.4 Å². The molecular formula is C15H28N2O2S. The third-order valence-electron chi connectivity index (χ3n) is 6.39. The number of hydrogen-bond acceptors (Lipinski definition) is 4. The maximum atomic E-state index is 11.5. The van der Waals surface area contributed by atoms with E-state index in [1.165, 1.54) is 38.4 Å². The molecule has 0 saturated heterocycles. The fourth-order valence-electron chi connectivity index (χ4n) is 5.62. The summed E-state index contributed by atoms with van der Waals surface area (Å²) < 4.78 is 22.9. The normalized spacial score (nSPS) is 43.4. The zero-order valence-corrected chi connectivity index (χ0v) is 13.5. The van der Waals surface area contributed by atoms with Gasteiger partial charge < -0.3 is 5.73 Å². The first kappa shape index (κ1) is 14.8. The molecule has 4 aliphatic carbocycles. The highest BCUT2D eigenvalue weighted by Gasteiger charge is 2.58. The van der Waals surface area contributed by atoms with Gasteiger partial charge in [0.25, 0.3) is 0 Å². The van der Waals surface area contributed by atoms with Crippen LogP contribution < -0.4 is 5.73 Å². The van der Waals surface area contributed by atoms with Crippen LogP contribution in [0, 0.1) is 23.7 Å². The highest BCUT2D eigenvalue weighted by atomic mass is 32.2. The van der Waals surface area contributed by atoms with Crippen LogP contribution >= 0.6 is 0 Å². The third-order valence-corrected chi connectivity index (χ3v) is 7.31. The summed E-state index contributed by atoms with van der Waals surface area (Å²) in [4.78, 5) is 2.31. The first-order chi connectivity index (χ1) is 9.35. The van der Waals surface area contributed by atoms with E-state index < -0.39 is 9.84 Å². The summed E-state index contributed by atoms with van der Waals surface area (Å²) in [7, 11) is -0.803. The second kappa shape index (κ2) is 4.96. The number of rotatable bonds is 5. The molecule has 0 aromatic carbocycles. The van der Waals surface area contributed by atoms with Gasteiger partial charge in [0, 0.05) is 24.9 Å². The first-order valence-corrected chi connectivity index (χ1v) is 10.00. The van der Waals surface area contributed by atoms with E-state index in [0.29, 0.717) is 24.9 Å². The number of hydrogen-bond donors (Lipinski definition) is 1. The molecule has 0 amide bonds. The summed E-state index contributed by atoms with van der Waals surface area (Å²) in [6.45, 7) is 1.31. The predicted molar refractivity (Wildman–Crippen MR) is 81.2 cm³/mol. The molecule has 0 radical (unpaired) electrons. The van der Waals surface area contributed by atoms with E-state index in [0.717, 1.165) is 11.8 Å². The van der Waals surface area contributed by atoms with Crippen molar-refractivity contribution in [3.63, 3.8) is 0 Å². The molecule has 4 rings (SSSR count). The van der Waals surface area contributed by atoms with Crippen LogP contribution in [0.5, 0.6) is 0 Å². The molecule has 4 aliphatic rings. The number of nitrogens with zero attached hydrogens (tertiary/aromatic N) is 1. The van der Waals surface area contributed by atoms with Gasteiger partial charge in [-0.2, -0.15) is 0 Å². The Morgan fingerprint density at radius 1 is 1.10 bits per heavy atom. The van der Waals surface area contributed by atoms with Gasteiger partial charge in [-0.05, 0) is 62.8 Å². The number of likely N-dealkylation sites (N-methyl/N-ethyl adjacent to an activating group) is 1. The van der Waals surface area contributed by atoms with Gasteiger partial charge >= 0.3 is 0 Å². The van der Waals surface area contributed by atoms with Crippen LogP contribution in [0.15, 0.2) is 0 Å². The zero-order chi connectivity index (χ0) is 14.5. The second-order valence-electron chi connectivity index (χ2n) is 7.55. The molecule has 116 valence electrons. The molecular weight excluding hydrogens is 272 g/mol. The maximum absolute atomic E-state index is 11.5. The molecule has 0 aromatic heterocycles. The smallest absolute Gasteiger partial charge is 0.148 e. The highest BCUT2D eigenvalue weighted by molar-refractivity contribution is 7.90. The van der Waals surface area contributed by atoms with Crippen molar-refractivity contribution in [1.29, 1.82) is 0 Å². The van der Waals surface area contributed by atoms with Gasteiger partial charge in [0.1, 0.15) is 9.84 Å². The lowest BCUT2D eigenvalue weighted by atomic mass is 9.48. The minimum Gasteiger partial charge on any atom is -0.329 e. The van der Waals surface area contributed by atoms with Gasteiger partial charge in [0.2, 0.25) is 0 Å². The van der Waals surface area contributed by atoms with Crippen LogP contribution in [0.2, 0.25) is 0 Å². The molecule has 20 heavy (non-hydrogen) atoms. The molecule has 4 nitrogen and oxygen atoms in total. The van der Waals surface area contributed by atoms with Crippen molar-refractivity contribution in [2.75, 3.05) is 32.1 Å². The Morgan fingerprint density at radius 2 is 1.60 bits per heavy atom. The Kier molecular flexibility index (Phi) is 3.67. The van der Waals surface area contributed by atoms with Crippen LogP contribution in [0.1, 0.15) is 32.1 Å². The van der Waals surface area contributed by atoms with E-state index >= 15 is 0 Å². The molecule has 0 aliphatic heterocycles. The summed E-state index contributed by atoms with van der Waals surface area (Å²) in [5.74, 6) is 3.46. The molecule has 4 fully saturated rings. The van der Waals surface area contributed by atoms with Crippen molar-refractivity contribution >= 4 is 9.84 Å². The standard InChI is InChI=1S/C15H28N2O2S/c1-17(3-4-20(2,18)19)15(10-16)13-6-11-5-12(8-13)9-14(15)7-11/h11-14H,3-10,16H2,1-2H3. The van der Waals surface area contributed by atoms with Crippen molar-refractivity contribution in [3.8, 4) is 0 Å². The highest BCUT2D eigenvalue weighted by Crippen LogP contribution is 2.59.